The molecule has 2 rings (SSSR count). The molecule has 3 heteroatoms. The summed E-state index contributed by atoms with van der Waals surface area (Å²) in [6.45, 7) is 11.3. The molecule has 3 nitrogen and oxygen atoms in total. The number of amides is 1. The lowest BCUT2D eigenvalue weighted by Gasteiger charge is -2.40. The Balaban J connectivity index is 2.15. The molecule has 1 saturated heterocycles. The molecule has 1 aliphatic carbocycles. The van der Waals surface area contributed by atoms with Crippen LogP contribution in [0.5, 0.6) is 0 Å². The normalized spacial score (nSPS) is 38.8. The predicted molar refractivity (Wildman–Crippen MR) is 87.9 cm³/mol. The summed E-state index contributed by atoms with van der Waals surface area (Å²) in [7, 11) is 0. The molecule has 1 amide bonds. The molecule has 1 heterocycles. The Bertz CT molecular complexity index is 347. The van der Waals surface area contributed by atoms with Crippen LogP contribution in [-0.2, 0) is 4.79 Å². The molecule has 5 unspecified atom stereocenters. The summed E-state index contributed by atoms with van der Waals surface area (Å²) in [6.07, 6.45) is 7.23. The Morgan fingerprint density at radius 3 is 2.33 bits per heavy atom. The summed E-state index contributed by atoms with van der Waals surface area (Å²) >= 11 is 0. The number of hydrogen-bond acceptors (Lipinski definition) is 2. The average Bonchev–Trinajstić information content (AvgIpc) is 2.74. The van der Waals surface area contributed by atoms with Gasteiger partial charge in [0, 0.05) is 6.04 Å². The summed E-state index contributed by atoms with van der Waals surface area (Å²) in [6, 6.07) is 0.494. The van der Waals surface area contributed by atoms with Gasteiger partial charge in [-0.05, 0) is 43.4 Å². The SMILES string of the molecule is CCCC1NC(C(C)CC)C(=O)N1C1CC(C)CC(C)C1. The first-order valence-corrected chi connectivity index (χ1v) is 9.06. The monoisotopic (exact) mass is 294 g/mol. The maximum Gasteiger partial charge on any atom is 0.241 e. The second-order valence-electron chi connectivity index (χ2n) is 7.65. The molecule has 122 valence electrons. The summed E-state index contributed by atoms with van der Waals surface area (Å²) in [4.78, 5) is 15.2. The molecule has 2 fully saturated rings. The Morgan fingerprint density at radius 1 is 1.19 bits per heavy atom. The van der Waals surface area contributed by atoms with Gasteiger partial charge in [-0.2, -0.15) is 0 Å². The van der Waals surface area contributed by atoms with Gasteiger partial charge in [0.15, 0.2) is 0 Å². The molecule has 2 aliphatic rings. The Labute approximate surface area is 130 Å². The zero-order valence-corrected chi connectivity index (χ0v) is 14.6. The standard InChI is InChI=1S/C18H34N2O/c1-6-8-16-19-17(14(5)7-2)18(21)20(16)15-10-12(3)9-13(4)11-15/h12-17,19H,6-11H2,1-5H3. The van der Waals surface area contributed by atoms with E-state index in [1.54, 1.807) is 0 Å². The molecule has 1 saturated carbocycles. The lowest BCUT2D eigenvalue weighted by molar-refractivity contribution is -0.134. The Morgan fingerprint density at radius 2 is 1.81 bits per heavy atom. The maximum absolute atomic E-state index is 13.0. The number of rotatable bonds is 5. The van der Waals surface area contributed by atoms with E-state index in [4.69, 9.17) is 0 Å². The third-order valence-corrected chi connectivity index (χ3v) is 5.55. The highest BCUT2D eigenvalue weighted by atomic mass is 16.2. The van der Waals surface area contributed by atoms with Crippen molar-refractivity contribution in [2.75, 3.05) is 0 Å². The number of nitrogens with one attached hydrogen (secondary N) is 1. The van der Waals surface area contributed by atoms with Crippen molar-refractivity contribution in [1.29, 1.82) is 0 Å². The fraction of sp³-hybridized carbons (Fsp3) is 0.944. The van der Waals surface area contributed by atoms with Crippen LogP contribution < -0.4 is 5.32 Å². The predicted octanol–water partition coefficient (Wildman–Crippen LogP) is 3.78. The number of carbonyl (C=O) groups is 1. The molecule has 0 radical (unpaired) electrons. The molecule has 0 spiro atoms. The lowest BCUT2D eigenvalue weighted by Crippen LogP contribution is -2.47. The molecular weight excluding hydrogens is 260 g/mol. The van der Waals surface area contributed by atoms with Gasteiger partial charge in [-0.15, -0.1) is 0 Å². The van der Waals surface area contributed by atoms with Crippen molar-refractivity contribution in [2.24, 2.45) is 17.8 Å². The van der Waals surface area contributed by atoms with Crippen molar-refractivity contribution in [2.45, 2.75) is 91.4 Å². The lowest BCUT2D eigenvalue weighted by atomic mass is 9.79. The minimum absolute atomic E-state index is 0.0408. The first-order valence-electron chi connectivity index (χ1n) is 9.06. The van der Waals surface area contributed by atoms with Gasteiger partial charge in [0.1, 0.15) is 0 Å². The van der Waals surface area contributed by atoms with Gasteiger partial charge in [-0.1, -0.05) is 47.5 Å². The second-order valence-corrected chi connectivity index (χ2v) is 7.65. The van der Waals surface area contributed by atoms with Crippen LogP contribution in [-0.4, -0.2) is 29.1 Å². The molecule has 0 aromatic heterocycles. The van der Waals surface area contributed by atoms with Crippen LogP contribution in [0.3, 0.4) is 0 Å². The van der Waals surface area contributed by atoms with Gasteiger partial charge in [-0.3, -0.25) is 10.1 Å². The average molecular weight is 294 g/mol. The van der Waals surface area contributed by atoms with Crippen LogP contribution in [0, 0.1) is 17.8 Å². The smallest absolute Gasteiger partial charge is 0.241 e. The molecule has 21 heavy (non-hydrogen) atoms. The minimum atomic E-state index is 0.0408. The van der Waals surface area contributed by atoms with Crippen LogP contribution in [0.15, 0.2) is 0 Å². The van der Waals surface area contributed by atoms with Gasteiger partial charge >= 0.3 is 0 Å². The first-order chi connectivity index (χ1) is 9.97. The van der Waals surface area contributed by atoms with Crippen LogP contribution >= 0.6 is 0 Å². The van der Waals surface area contributed by atoms with E-state index in [0.29, 0.717) is 17.9 Å². The van der Waals surface area contributed by atoms with Crippen molar-refractivity contribution >= 4 is 5.91 Å². The molecule has 1 N–H and O–H groups in total. The van der Waals surface area contributed by atoms with Gasteiger partial charge in [0.25, 0.3) is 0 Å². The minimum Gasteiger partial charge on any atom is -0.323 e. The fourth-order valence-electron chi connectivity index (χ4n) is 4.38. The van der Waals surface area contributed by atoms with E-state index >= 15 is 0 Å². The molecule has 1 aliphatic heterocycles. The highest BCUT2D eigenvalue weighted by Crippen LogP contribution is 2.35. The van der Waals surface area contributed by atoms with E-state index in [2.05, 4.69) is 44.8 Å². The molecule has 5 atom stereocenters. The van der Waals surface area contributed by atoms with Crippen LogP contribution in [0.2, 0.25) is 0 Å². The van der Waals surface area contributed by atoms with Gasteiger partial charge in [0.2, 0.25) is 5.91 Å². The zero-order chi connectivity index (χ0) is 15.6. The number of nitrogens with zero attached hydrogens (tertiary/aromatic N) is 1. The van der Waals surface area contributed by atoms with Gasteiger partial charge in [0.05, 0.1) is 12.2 Å². The topological polar surface area (TPSA) is 32.3 Å². The zero-order valence-electron chi connectivity index (χ0n) is 14.6. The van der Waals surface area contributed by atoms with E-state index in [0.717, 1.165) is 31.1 Å². The van der Waals surface area contributed by atoms with Crippen molar-refractivity contribution in [1.82, 2.24) is 10.2 Å². The van der Waals surface area contributed by atoms with Gasteiger partial charge < -0.3 is 4.90 Å². The third kappa shape index (κ3) is 3.61. The highest BCUT2D eigenvalue weighted by molar-refractivity contribution is 5.85. The van der Waals surface area contributed by atoms with Gasteiger partial charge in [-0.25, -0.2) is 0 Å². The van der Waals surface area contributed by atoms with Crippen molar-refractivity contribution in [3.8, 4) is 0 Å². The summed E-state index contributed by atoms with van der Waals surface area (Å²) in [5.41, 5.74) is 0. The second kappa shape index (κ2) is 7.13. The molecule has 0 aromatic carbocycles. The van der Waals surface area contributed by atoms with E-state index in [1.165, 1.54) is 19.3 Å². The third-order valence-electron chi connectivity index (χ3n) is 5.55. The van der Waals surface area contributed by atoms with E-state index in [9.17, 15) is 4.79 Å². The Kier molecular flexibility index (Phi) is 5.70. The number of carbonyl (C=O) groups excluding carboxylic acids is 1. The van der Waals surface area contributed by atoms with Crippen LogP contribution in [0.1, 0.15) is 73.1 Å². The van der Waals surface area contributed by atoms with E-state index in [1.807, 2.05) is 0 Å². The number of hydrogen-bond donors (Lipinski definition) is 1. The molecule has 0 aromatic rings. The highest BCUT2D eigenvalue weighted by Gasteiger charge is 2.44. The fourth-order valence-corrected chi connectivity index (χ4v) is 4.38. The summed E-state index contributed by atoms with van der Waals surface area (Å²) in [5, 5.41) is 3.65. The van der Waals surface area contributed by atoms with Crippen molar-refractivity contribution in [3.63, 3.8) is 0 Å². The molecular formula is C18H34N2O. The summed E-state index contributed by atoms with van der Waals surface area (Å²) in [5.74, 6) is 2.29. The van der Waals surface area contributed by atoms with E-state index < -0.39 is 0 Å². The van der Waals surface area contributed by atoms with Crippen LogP contribution in [0.25, 0.3) is 0 Å². The van der Waals surface area contributed by atoms with Crippen LogP contribution in [0.4, 0.5) is 0 Å². The molecule has 0 bridgehead atoms. The Hall–Kier alpha value is -0.570. The quantitative estimate of drug-likeness (QED) is 0.837. The van der Waals surface area contributed by atoms with Crippen molar-refractivity contribution in [3.05, 3.63) is 0 Å². The summed E-state index contributed by atoms with van der Waals surface area (Å²) < 4.78 is 0. The largest absolute Gasteiger partial charge is 0.323 e. The van der Waals surface area contributed by atoms with E-state index in [-0.39, 0.29) is 12.2 Å². The maximum atomic E-state index is 13.0. The first kappa shape index (κ1) is 16.8. The van der Waals surface area contributed by atoms with Crippen molar-refractivity contribution < 1.29 is 4.79 Å².